The van der Waals surface area contributed by atoms with Gasteiger partial charge in [-0.2, -0.15) is 22.3 Å². The average Bonchev–Trinajstić information content (AvgIpc) is 2.80. The molecular formula is C25H24F4N2O4. The molecule has 0 saturated heterocycles. The molecule has 10 heteroatoms. The third-order valence-corrected chi connectivity index (χ3v) is 5.25. The number of Topliss-reactive ketones (excluding diaryl/α,β-unsaturated/α-hetero) is 1. The molecule has 6 nitrogen and oxygen atoms in total. The molecule has 3 rings (SSSR count). The van der Waals surface area contributed by atoms with Gasteiger partial charge in [0.15, 0.2) is 23.9 Å². The van der Waals surface area contributed by atoms with Crippen LogP contribution in [0, 0.1) is 5.21 Å². The SMILES string of the molecule is CCCC(=O)Cc1ccc(C(Cc2cc[n+]([O-])cc2)c2ccc(OC(F)F)c(OC(F)F)c2)nc1. The van der Waals surface area contributed by atoms with Crippen LogP contribution >= 0.6 is 0 Å². The molecule has 0 aliphatic rings. The summed E-state index contributed by atoms with van der Waals surface area (Å²) in [5.41, 5.74) is 2.51. The lowest BCUT2D eigenvalue weighted by molar-refractivity contribution is -0.605. The first-order valence-electron chi connectivity index (χ1n) is 10.9. The second kappa shape index (κ2) is 12.1. The number of aromatic nitrogens is 2. The van der Waals surface area contributed by atoms with Gasteiger partial charge in [0.2, 0.25) is 0 Å². The molecule has 0 bridgehead atoms. The van der Waals surface area contributed by atoms with Gasteiger partial charge in [0, 0.05) is 42.8 Å². The van der Waals surface area contributed by atoms with Gasteiger partial charge in [0.25, 0.3) is 0 Å². The van der Waals surface area contributed by atoms with E-state index < -0.39 is 30.6 Å². The van der Waals surface area contributed by atoms with E-state index in [2.05, 4.69) is 14.5 Å². The summed E-state index contributed by atoms with van der Waals surface area (Å²) in [6, 6.07) is 10.5. The fourth-order valence-corrected chi connectivity index (χ4v) is 3.67. The number of rotatable bonds is 12. The fraction of sp³-hybridized carbons (Fsp3) is 0.320. The van der Waals surface area contributed by atoms with Crippen LogP contribution in [-0.2, 0) is 17.6 Å². The third-order valence-electron chi connectivity index (χ3n) is 5.25. The highest BCUT2D eigenvalue weighted by Crippen LogP contribution is 2.36. The number of alkyl halides is 4. The topological polar surface area (TPSA) is 75.4 Å². The smallest absolute Gasteiger partial charge is 0.387 e. The van der Waals surface area contributed by atoms with Crippen molar-refractivity contribution in [2.75, 3.05) is 0 Å². The Hall–Kier alpha value is -3.69. The summed E-state index contributed by atoms with van der Waals surface area (Å²) in [4.78, 5) is 16.4. The number of ether oxygens (including phenoxy) is 2. The molecule has 0 fully saturated rings. The number of carbonyl (C=O) groups excluding carboxylic acids is 1. The number of carbonyl (C=O) groups is 1. The molecule has 0 N–H and O–H groups in total. The zero-order chi connectivity index (χ0) is 25.4. The van der Waals surface area contributed by atoms with E-state index in [-0.39, 0.29) is 12.2 Å². The largest absolute Gasteiger partial charge is 0.619 e. The maximum absolute atomic E-state index is 12.9. The summed E-state index contributed by atoms with van der Waals surface area (Å²) in [5.74, 6) is -1.46. The Balaban J connectivity index is 1.98. The van der Waals surface area contributed by atoms with Crippen LogP contribution in [0.25, 0.3) is 0 Å². The zero-order valence-electron chi connectivity index (χ0n) is 18.9. The van der Waals surface area contributed by atoms with Crippen molar-refractivity contribution < 1.29 is 36.6 Å². The summed E-state index contributed by atoms with van der Waals surface area (Å²) in [6.07, 6.45) is 6.03. The Kier molecular flexibility index (Phi) is 8.99. The molecule has 2 heterocycles. The average molecular weight is 492 g/mol. The second-order valence-electron chi connectivity index (χ2n) is 7.84. The monoisotopic (exact) mass is 492 g/mol. The summed E-state index contributed by atoms with van der Waals surface area (Å²) in [6.45, 7) is -4.54. The normalized spacial score (nSPS) is 12.1. The first-order valence-corrected chi connectivity index (χ1v) is 10.9. The van der Waals surface area contributed by atoms with E-state index in [1.54, 1.807) is 30.5 Å². The number of ketones is 1. The molecule has 1 aromatic carbocycles. The highest BCUT2D eigenvalue weighted by molar-refractivity contribution is 5.80. The van der Waals surface area contributed by atoms with Gasteiger partial charge in [0.1, 0.15) is 5.78 Å². The molecule has 3 aromatic rings. The number of nitrogens with zero attached hydrogens (tertiary/aromatic N) is 2. The van der Waals surface area contributed by atoms with Crippen molar-refractivity contribution in [2.24, 2.45) is 0 Å². The Morgan fingerprint density at radius 2 is 1.66 bits per heavy atom. The second-order valence-corrected chi connectivity index (χ2v) is 7.84. The minimum Gasteiger partial charge on any atom is -0.619 e. The maximum atomic E-state index is 12.9. The lowest BCUT2D eigenvalue weighted by Crippen LogP contribution is -2.24. The quantitative estimate of drug-likeness (QED) is 0.197. The minimum absolute atomic E-state index is 0.0946. The Morgan fingerprint density at radius 1 is 0.971 bits per heavy atom. The molecule has 0 radical (unpaired) electrons. The molecule has 0 amide bonds. The van der Waals surface area contributed by atoms with Crippen molar-refractivity contribution in [1.82, 2.24) is 4.98 Å². The number of pyridine rings is 2. The Bertz CT molecular complexity index is 1110. The van der Waals surface area contributed by atoms with Crippen LogP contribution < -0.4 is 14.2 Å². The summed E-state index contributed by atoms with van der Waals surface area (Å²) < 4.78 is 60.7. The van der Waals surface area contributed by atoms with Crippen LogP contribution in [0.5, 0.6) is 11.5 Å². The predicted octanol–water partition coefficient (Wildman–Crippen LogP) is 5.20. The van der Waals surface area contributed by atoms with Crippen LogP contribution in [0.1, 0.15) is 48.1 Å². The Morgan fingerprint density at radius 3 is 2.26 bits per heavy atom. The molecule has 1 atom stereocenters. The van der Waals surface area contributed by atoms with Crippen molar-refractivity contribution in [2.45, 2.75) is 51.7 Å². The van der Waals surface area contributed by atoms with Gasteiger partial charge in [0.05, 0.1) is 0 Å². The maximum Gasteiger partial charge on any atom is 0.387 e. The minimum atomic E-state index is -3.25. The molecule has 0 aliphatic heterocycles. The van der Waals surface area contributed by atoms with E-state index in [1.165, 1.54) is 24.5 Å². The molecule has 186 valence electrons. The van der Waals surface area contributed by atoms with Crippen molar-refractivity contribution >= 4 is 5.78 Å². The summed E-state index contributed by atoms with van der Waals surface area (Å²) >= 11 is 0. The van der Waals surface area contributed by atoms with Gasteiger partial charge in [-0.05, 0) is 47.7 Å². The highest BCUT2D eigenvalue weighted by Gasteiger charge is 2.22. The first kappa shape index (κ1) is 25.9. The van der Waals surface area contributed by atoms with E-state index in [0.29, 0.717) is 28.8 Å². The summed E-state index contributed by atoms with van der Waals surface area (Å²) in [7, 11) is 0. The van der Waals surface area contributed by atoms with Crippen LogP contribution in [0.15, 0.2) is 61.1 Å². The van der Waals surface area contributed by atoms with Gasteiger partial charge >= 0.3 is 13.2 Å². The van der Waals surface area contributed by atoms with Crippen molar-refractivity contribution in [3.05, 3.63) is 88.6 Å². The molecule has 1 unspecified atom stereocenters. The third kappa shape index (κ3) is 7.66. The van der Waals surface area contributed by atoms with Crippen molar-refractivity contribution in [1.29, 1.82) is 0 Å². The number of halogens is 4. The van der Waals surface area contributed by atoms with E-state index >= 15 is 0 Å². The van der Waals surface area contributed by atoms with Gasteiger partial charge < -0.3 is 14.7 Å². The van der Waals surface area contributed by atoms with E-state index in [9.17, 15) is 27.6 Å². The van der Waals surface area contributed by atoms with Crippen molar-refractivity contribution in [3.8, 4) is 11.5 Å². The van der Waals surface area contributed by atoms with Gasteiger partial charge in [-0.15, -0.1) is 0 Å². The number of hydrogen-bond acceptors (Lipinski definition) is 5. The highest BCUT2D eigenvalue weighted by atomic mass is 19.3. The molecular weight excluding hydrogens is 468 g/mol. The van der Waals surface area contributed by atoms with Crippen LogP contribution in [0.2, 0.25) is 0 Å². The van der Waals surface area contributed by atoms with Crippen LogP contribution in [0.4, 0.5) is 17.6 Å². The van der Waals surface area contributed by atoms with Gasteiger partial charge in [-0.1, -0.05) is 19.1 Å². The first-order chi connectivity index (χ1) is 16.7. The predicted molar refractivity (Wildman–Crippen MR) is 119 cm³/mol. The molecule has 35 heavy (non-hydrogen) atoms. The Labute approximate surface area is 199 Å². The zero-order valence-corrected chi connectivity index (χ0v) is 18.9. The lowest BCUT2D eigenvalue weighted by atomic mass is 9.88. The molecule has 0 saturated carbocycles. The van der Waals surface area contributed by atoms with E-state index in [4.69, 9.17) is 0 Å². The lowest BCUT2D eigenvalue weighted by Gasteiger charge is -2.20. The standard InChI is InChI=1S/C25H24F4N2O4/c1-2-3-19(32)12-17-4-6-21(30-15-17)20(13-16-8-10-31(33)11-9-16)18-5-7-22(34-24(26)27)23(14-18)35-25(28)29/h4-11,14-15,20,24-25H,2-3,12-13H2,1H3. The number of hydrogen-bond donors (Lipinski definition) is 0. The van der Waals surface area contributed by atoms with E-state index in [0.717, 1.165) is 23.6 Å². The summed E-state index contributed by atoms with van der Waals surface area (Å²) in [5, 5.41) is 11.4. The van der Waals surface area contributed by atoms with E-state index in [1.807, 2.05) is 6.92 Å². The molecule has 0 aliphatic carbocycles. The van der Waals surface area contributed by atoms with Gasteiger partial charge in [-0.25, -0.2) is 0 Å². The van der Waals surface area contributed by atoms with Gasteiger partial charge in [-0.3, -0.25) is 9.78 Å². The van der Waals surface area contributed by atoms with Crippen LogP contribution in [-0.4, -0.2) is 24.0 Å². The van der Waals surface area contributed by atoms with Crippen LogP contribution in [0.3, 0.4) is 0 Å². The molecule has 0 spiro atoms. The molecule has 2 aromatic heterocycles. The number of benzene rings is 1. The van der Waals surface area contributed by atoms with Crippen molar-refractivity contribution in [3.63, 3.8) is 0 Å². The fourth-order valence-electron chi connectivity index (χ4n) is 3.67.